The van der Waals surface area contributed by atoms with Crippen LogP contribution in [0, 0.1) is 5.41 Å². The average Bonchev–Trinajstić information content (AvgIpc) is 3.32. The number of nitrogens with one attached hydrogen (secondary N) is 3. The van der Waals surface area contributed by atoms with E-state index in [1.165, 1.54) is 18.2 Å². The second kappa shape index (κ2) is 12.0. The summed E-state index contributed by atoms with van der Waals surface area (Å²) in [6.07, 6.45) is -4.38. The average molecular weight is 574 g/mol. The summed E-state index contributed by atoms with van der Waals surface area (Å²) in [5.41, 5.74) is -0.0269. The van der Waals surface area contributed by atoms with Gasteiger partial charge in [-0.15, -0.1) is 11.3 Å². The van der Waals surface area contributed by atoms with Crippen molar-refractivity contribution in [2.45, 2.75) is 37.3 Å². The van der Waals surface area contributed by atoms with E-state index in [2.05, 4.69) is 15.4 Å². The summed E-state index contributed by atoms with van der Waals surface area (Å²) >= 11 is 6.89. The zero-order chi connectivity index (χ0) is 27.3. The predicted molar refractivity (Wildman–Crippen MR) is 139 cm³/mol. The molecule has 0 bridgehead atoms. The molecule has 200 valence electrons. The van der Waals surface area contributed by atoms with Crippen LogP contribution in [-0.2, 0) is 29.3 Å². The smallest absolute Gasteiger partial charge is 0.347 e. The Morgan fingerprint density at radius 1 is 0.919 bits per heavy atom. The lowest BCUT2D eigenvalue weighted by Crippen LogP contribution is -2.40. The molecule has 0 radical (unpaired) electrons. The maximum absolute atomic E-state index is 12.8. The highest BCUT2D eigenvalue weighted by atomic mass is 35.5. The number of rotatable bonds is 11. The highest BCUT2D eigenvalue weighted by Crippen LogP contribution is 2.29. The van der Waals surface area contributed by atoms with Crippen LogP contribution in [0.25, 0.3) is 0 Å². The highest BCUT2D eigenvalue weighted by molar-refractivity contribution is 7.91. The van der Waals surface area contributed by atoms with Crippen LogP contribution in [-0.4, -0.2) is 27.4 Å². The normalized spacial score (nSPS) is 12.5. The van der Waals surface area contributed by atoms with E-state index in [4.69, 9.17) is 11.6 Å². The van der Waals surface area contributed by atoms with Crippen molar-refractivity contribution in [3.63, 3.8) is 0 Å². The first-order chi connectivity index (χ1) is 17.2. The first kappa shape index (κ1) is 29.1. The molecular formula is C25H27ClF3N3O3S2. The van der Waals surface area contributed by atoms with E-state index in [0.29, 0.717) is 34.1 Å². The monoisotopic (exact) mass is 573 g/mol. The summed E-state index contributed by atoms with van der Waals surface area (Å²) in [4.78, 5) is 12.9. The molecular weight excluding hydrogens is 547 g/mol. The third-order valence-electron chi connectivity index (χ3n) is 5.39. The van der Waals surface area contributed by atoms with Crippen LogP contribution in [0.2, 0.25) is 5.02 Å². The summed E-state index contributed by atoms with van der Waals surface area (Å²) in [6, 6.07) is 14.5. The van der Waals surface area contributed by atoms with Crippen LogP contribution in [0.1, 0.15) is 40.2 Å². The fourth-order valence-electron chi connectivity index (χ4n) is 3.25. The van der Waals surface area contributed by atoms with Crippen molar-refractivity contribution < 1.29 is 26.4 Å². The Morgan fingerprint density at radius 3 is 2.19 bits per heavy atom. The zero-order valence-corrected chi connectivity index (χ0v) is 22.5. The van der Waals surface area contributed by atoms with Crippen molar-refractivity contribution in [2.75, 3.05) is 13.1 Å². The molecule has 12 heteroatoms. The molecule has 1 aromatic heterocycles. The van der Waals surface area contributed by atoms with Crippen molar-refractivity contribution in [3.8, 4) is 0 Å². The van der Waals surface area contributed by atoms with Gasteiger partial charge in [-0.3, -0.25) is 4.79 Å². The Hall–Kier alpha value is -2.44. The molecule has 0 saturated heterocycles. The summed E-state index contributed by atoms with van der Waals surface area (Å²) < 4.78 is 66.4. The van der Waals surface area contributed by atoms with Gasteiger partial charge in [-0.2, -0.15) is 13.2 Å². The first-order valence-corrected chi connectivity index (χ1v) is 13.9. The Balaban J connectivity index is 1.47. The number of hydrogen-bond acceptors (Lipinski definition) is 5. The minimum atomic E-state index is -4.38. The van der Waals surface area contributed by atoms with E-state index in [0.717, 1.165) is 23.5 Å². The second-order valence-electron chi connectivity index (χ2n) is 9.20. The van der Waals surface area contributed by atoms with Crippen LogP contribution in [0.4, 0.5) is 13.2 Å². The number of benzene rings is 2. The van der Waals surface area contributed by atoms with Crippen molar-refractivity contribution >= 4 is 38.9 Å². The number of carbonyl (C=O) groups excluding carboxylic acids is 1. The van der Waals surface area contributed by atoms with E-state index in [1.807, 2.05) is 13.8 Å². The molecule has 0 aliphatic carbocycles. The van der Waals surface area contributed by atoms with Crippen LogP contribution in [0.3, 0.4) is 0 Å². The molecule has 3 rings (SSSR count). The molecule has 6 nitrogen and oxygen atoms in total. The van der Waals surface area contributed by atoms with Gasteiger partial charge in [0.15, 0.2) is 0 Å². The minimum Gasteiger partial charge on any atom is -0.347 e. The molecule has 0 aliphatic rings. The quantitative estimate of drug-likeness (QED) is 0.285. The number of carbonyl (C=O) groups is 1. The second-order valence-corrected chi connectivity index (χ2v) is 12.8. The van der Waals surface area contributed by atoms with Gasteiger partial charge in [0, 0.05) is 35.1 Å². The van der Waals surface area contributed by atoms with Gasteiger partial charge in [0.1, 0.15) is 4.21 Å². The summed E-state index contributed by atoms with van der Waals surface area (Å²) in [5.74, 6) is -0.293. The lowest BCUT2D eigenvalue weighted by Gasteiger charge is -2.25. The molecule has 0 atom stereocenters. The summed E-state index contributed by atoms with van der Waals surface area (Å²) in [6.45, 7) is 4.87. The maximum Gasteiger partial charge on any atom is 0.416 e. The Kier molecular flexibility index (Phi) is 9.41. The number of thiophene rings is 1. The molecule has 3 N–H and O–H groups in total. The highest BCUT2D eigenvalue weighted by Gasteiger charge is 2.30. The zero-order valence-electron chi connectivity index (χ0n) is 20.2. The third-order valence-corrected chi connectivity index (χ3v) is 8.62. The van der Waals surface area contributed by atoms with Gasteiger partial charge < -0.3 is 10.6 Å². The fraction of sp³-hybridized carbons (Fsp3) is 0.320. The standard InChI is InChI=1S/C25H27ClF3N3O3S2/c1-24(2,15-30-13-17-3-7-19(8-4-17)25(27,28)29)16-32-37(34,35)22-12-11-21(36-22)14-31-23(33)18-5-9-20(26)10-6-18/h3-12,30,32H,13-16H2,1-2H3,(H,31,33). The van der Waals surface area contributed by atoms with E-state index in [1.54, 1.807) is 30.3 Å². The number of hydrogen-bond donors (Lipinski definition) is 3. The SMILES string of the molecule is CC(C)(CNCc1ccc(C(F)(F)F)cc1)CNS(=O)(=O)c1ccc(CNC(=O)c2ccc(Cl)cc2)s1. The number of sulfonamides is 1. The van der Waals surface area contributed by atoms with Crippen molar-refractivity contribution in [2.24, 2.45) is 5.41 Å². The molecule has 0 spiro atoms. The fourth-order valence-corrected chi connectivity index (χ4v) is 5.96. The van der Waals surface area contributed by atoms with E-state index in [9.17, 15) is 26.4 Å². The van der Waals surface area contributed by atoms with E-state index in [-0.39, 0.29) is 23.2 Å². The van der Waals surface area contributed by atoms with Crippen LogP contribution in [0.15, 0.2) is 64.9 Å². The van der Waals surface area contributed by atoms with E-state index < -0.39 is 27.2 Å². The summed E-state index contributed by atoms with van der Waals surface area (Å²) in [5, 5.41) is 6.44. The Bertz CT molecular complexity index is 1310. The van der Waals surface area contributed by atoms with E-state index >= 15 is 0 Å². The molecule has 0 aliphatic heterocycles. The molecule has 0 unspecified atom stereocenters. The number of alkyl halides is 3. The van der Waals surface area contributed by atoms with Gasteiger partial charge in [0.2, 0.25) is 10.0 Å². The number of halogens is 4. The van der Waals surface area contributed by atoms with Gasteiger partial charge in [-0.25, -0.2) is 13.1 Å². The Morgan fingerprint density at radius 2 is 1.57 bits per heavy atom. The lowest BCUT2D eigenvalue weighted by atomic mass is 9.94. The van der Waals surface area contributed by atoms with Gasteiger partial charge in [-0.1, -0.05) is 37.6 Å². The molecule has 1 amide bonds. The molecule has 0 saturated carbocycles. The van der Waals surface area contributed by atoms with Crippen LogP contribution in [0.5, 0.6) is 0 Å². The first-order valence-electron chi connectivity index (χ1n) is 11.2. The lowest BCUT2D eigenvalue weighted by molar-refractivity contribution is -0.137. The van der Waals surface area contributed by atoms with Crippen molar-refractivity contribution in [3.05, 3.63) is 87.3 Å². The molecule has 2 aromatic carbocycles. The Labute approximate surface area is 223 Å². The van der Waals surface area contributed by atoms with Crippen molar-refractivity contribution in [1.82, 2.24) is 15.4 Å². The summed E-state index contributed by atoms with van der Waals surface area (Å²) in [7, 11) is -3.76. The maximum atomic E-state index is 12.8. The van der Waals surface area contributed by atoms with Gasteiger partial charge in [0.25, 0.3) is 5.91 Å². The third kappa shape index (κ3) is 8.82. The van der Waals surface area contributed by atoms with Crippen molar-refractivity contribution in [1.29, 1.82) is 0 Å². The molecule has 3 aromatic rings. The molecule has 0 fully saturated rings. The molecule has 1 heterocycles. The van der Waals surface area contributed by atoms with Gasteiger partial charge >= 0.3 is 6.18 Å². The van der Waals surface area contributed by atoms with Crippen LogP contribution < -0.4 is 15.4 Å². The largest absolute Gasteiger partial charge is 0.416 e. The van der Waals surface area contributed by atoms with Crippen LogP contribution >= 0.6 is 22.9 Å². The molecule has 37 heavy (non-hydrogen) atoms. The van der Waals surface area contributed by atoms with Gasteiger partial charge in [0.05, 0.1) is 12.1 Å². The van der Waals surface area contributed by atoms with Gasteiger partial charge in [-0.05, 0) is 59.5 Å². The predicted octanol–water partition coefficient (Wildman–Crippen LogP) is 5.44. The number of amides is 1. The minimum absolute atomic E-state index is 0.136. The topological polar surface area (TPSA) is 87.3 Å².